The Hall–Kier alpha value is -3.52. The van der Waals surface area contributed by atoms with Crippen molar-refractivity contribution in [3.05, 3.63) is 60.2 Å². The third-order valence-electron chi connectivity index (χ3n) is 5.93. The van der Waals surface area contributed by atoms with Crippen LogP contribution in [0.5, 0.6) is 0 Å². The fraction of sp³-hybridized carbons (Fsp3) is 0.407. The first-order valence-corrected chi connectivity index (χ1v) is 12.0. The van der Waals surface area contributed by atoms with E-state index in [4.69, 9.17) is 16.6 Å². The predicted molar refractivity (Wildman–Crippen MR) is 134 cm³/mol. The second-order valence-corrected chi connectivity index (χ2v) is 8.67. The number of benzene rings is 2. The van der Waals surface area contributed by atoms with Crippen LogP contribution < -0.4 is 16.8 Å². The van der Waals surface area contributed by atoms with E-state index in [9.17, 15) is 19.2 Å². The Morgan fingerprint density at radius 3 is 2.11 bits per heavy atom. The normalized spacial score (nSPS) is 12.5. The molecule has 2 aromatic carbocycles. The number of rotatable bonds is 16. The Morgan fingerprint density at radius 2 is 1.51 bits per heavy atom. The molecule has 6 N–H and O–H groups in total. The van der Waals surface area contributed by atoms with Gasteiger partial charge >= 0.3 is 5.97 Å². The van der Waals surface area contributed by atoms with Crippen molar-refractivity contribution < 1.29 is 24.3 Å². The zero-order valence-electron chi connectivity index (χ0n) is 19.9. The lowest BCUT2D eigenvalue weighted by Crippen LogP contribution is -2.42. The number of amides is 2. The van der Waals surface area contributed by atoms with Gasteiger partial charge in [-0.2, -0.15) is 0 Å². The summed E-state index contributed by atoms with van der Waals surface area (Å²) in [5.41, 5.74) is 14.1. The van der Waals surface area contributed by atoms with E-state index in [1.807, 2.05) is 54.6 Å². The highest BCUT2D eigenvalue weighted by Crippen LogP contribution is 2.20. The first-order chi connectivity index (χ1) is 16.8. The minimum Gasteiger partial charge on any atom is -0.481 e. The molecule has 0 spiro atoms. The minimum atomic E-state index is -1.06. The molecule has 0 bridgehead atoms. The molecule has 2 atom stereocenters. The molecule has 0 aromatic heterocycles. The number of hydrogen-bond acceptors (Lipinski definition) is 5. The lowest BCUT2D eigenvalue weighted by atomic mass is 9.91. The molecule has 0 fully saturated rings. The number of aliphatic carboxylic acids is 1. The number of nitrogens with one attached hydrogen (secondary N) is 1. The smallest absolute Gasteiger partial charge is 0.303 e. The molecular formula is C27H35N3O5. The van der Waals surface area contributed by atoms with E-state index in [0.29, 0.717) is 32.2 Å². The number of unbranched alkanes of at least 4 members (excludes halogenated alkanes) is 1. The Balaban J connectivity index is 1.94. The highest BCUT2D eigenvalue weighted by atomic mass is 16.4. The number of carbonyl (C=O) groups is 4. The van der Waals surface area contributed by atoms with E-state index in [-0.39, 0.29) is 37.4 Å². The summed E-state index contributed by atoms with van der Waals surface area (Å²) in [6.07, 6.45) is 1.98. The number of primary amides is 1. The summed E-state index contributed by atoms with van der Waals surface area (Å²) < 4.78 is 0. The van der Waals surface area contributed by atoms with Gasteiger partial charge in [-0.1, -0.05) is 61.0 Å². The Labute approximate surface area is 206 Å². The monoisotopic (exact) mass is 481 g/mol. The summed E-state index contributed by atoms with van der Waals surface area (Å²) in [6, 6.07) is 16.9. The molecule has 2 rings (SSSR count). The summed E-state index contributed by atoms with van der Waals surface area (Å²) >= 11 is 0. The van der Waals surface area contributed by atoms with Gasteiger partial charge in [0.1, 0.15) is 0 Å². The number of hydrogen-bond donors (Lipinski definition) is 4. The molecule has 0 aliphatic carbocycles. The molecule has 188 valence electrons. The predicted octanol–water partition coefficient (Wildman–Crippen LogP) is 2.83. The molecule has 0 aliphatic rings. The summed E-state index contributed by atoms with van der Waals surface area (Å²) in [4.78, 5) is 48.2. The first kappa shape index (κ1) is 27.7. The third-order valence-corrected chi connectivity index (χ3v) is 5.93. The topological polar surface area (TPSA) is 153 Å². The zero-order valence-corrected chi connectivity index (χ0v) is 19.9. The number of carboxylic acids is 1. The maximum atomic E-state index is 12.8. The van der Waals surface area contributed by atoms with Crippen LogP contribution in [0.2, 0.25) is 0 Å². The summed E-state index contributed by atoms with van der Waals surface area (Å²) in [7, 11) is 0. The molecule has 2 aromatic rings. The number of aryl methyl sites for hydroxylation is 1. The van der Waals surface area contributed by atoms with Gasteiger partial charge < -0.3 is 21.9 Å². The summed E-state index contributed by atoms with van der Waals surface area (Å²) in [5.74, 6) is -3.05. The SMILES string of the molecule is NCCCC[C@H](CC(=O)[C@H](CCC(=O)O)NC(=O)CCc1ccc(-c2ccccc2)cc1)C(N)=O. The molecule has 0 radical (unpaired) electrons. The molecule has 0 aliphatic heterocycles. The van der Waals surface area contributed by atoms with Crippen molar-refractivity contribution in [3.63, 3.8) is 0 Å². The van der Waals surface area contributed by atoms with Gasteiger partial charge in [0, 0.05) is 25.2 Å². The van der Waals surface area contributed by atoms with Crippen molar-refractivity contribution >= 4 is 23.6 Å². The van der Waals surface area contributed by atoms with Crippen molar-refractivity contribution in [2.75, 3.05) is 6.54 Å². The zero-order chi connectivity index (χ0) is 25.6. The molecule has 8 nitrogen and oxygen atoms in total. The van der Waals surface area contributed by atoms with Crippen molar-refractivity contribution in [1.82, 2.24) is 5.32 Å². The number of carboxylic acid groups (broad SMARTS) is 1. The van der Waals surface area contributed by atoms with Gasteiger partial charge in [0.25, 0.3) is 0 Å². The van der Waals surface area contributed by atoms with Crippen LogP contribution in [0, 0.1) is 5.92 Å². The quantitative estimate of drug-likeness (QED) is 0.271. The summed E-state index contributed by atoms with van der Waals surface area (Å²) in [6.45, 7) is 0.478. The first-order valence-electron chi connectivity index (χ1n) is 12.0. The average Bonchev–Trinajstić information content (AvgIpc) is 2.85. The number of carbonyl (C=O) groups excluding carboxylic acids is 3. The van der Waals surface area contributed by atoms with Crippen LogP contribution in [0.25, 0.3) is 11.1 Å². The molecule has 8 heteroatoms. The van der Waals surface area contributed by atoms with E-state index in [0.717, 1.165) is 16.7 Å². The Bertz CT molecular complexity index is 976. The van der Waals surface area contributed by atoms with Gasteiger partial charge in [-0.25, -0.2) is 0 Å². The van der Waals surface area contributed by atoms with Crippen molar-refractivity contribution in [2.24, 2.45) is 17.4 Å². The van der Waals surface area contributed by atoms with Crippen LogP contribution in [-0.2, 0) is 25.6 Å². The van der Waals surface area contributed by atoms with Gasteiger partial charge in [-0.05, 0) is 48.9 Å². The molecule has 2 amide bonds. The second-order valence-electron chi connectivity index (χ2n) is 8.67. The van der Waals surface area contributed by atoms with Crippen LogP contribution in [0.15, 0.2) is 54.6 Å². The molecule has 0 saturated heterocycles. The fourth-order valence-corrected chi connectivity index (χ4v) is 3.87. The highest BCUT2D eigenvalue weighted by Gasteiger charge is 2.26. The lowest BCUT2D eigenvalue weighted by Gasteiger charge is -2.20. The molecule has 35 heavy (non-hydrogen) atoms. The van der Waals surface area contributed by atoms with E-state index in [1.54, 1.807) is 0 Å². The van der Waals surface area contributed by atoms with Crippen LogP contribution in [0.3, 0.4) is 0 Å². The van der Waals surface area contributed by atoms with Crippen LogP contribution in [0.4, 0.5) is 0 Å². The Kier molecular flexibility index (Phi) is 11.6. The average molecular weight is 482 g/mol. The van der Waals surface area contributed by atoms with Crippen molar-refractivity contribution in [1.29, 1.82) is 0 Å². The van der Waals surface area contributed by atoms with E-state index in [2.05, 4.69) is 5.32 Å². The highest BCUT2D eigenvalue weighted by molar-refractivity contribution is 5.92. The number of ketones is 1. The minimum absolute atomic E-state index is 0.0417. The lowest BCUT2D eigenvalue weighted by molar-refractivity contribution is -0.138. The van der Waals surface area contributed by atoms with Gasteiger partial charge in [-0.15, -0.1) is 0 Å². The van der Waals surface area contributed by atoms with Gasteiger partial charge in [-0.3, -0.25) is 19.2 Å². The largest absolute Gasteiger partial charge is 0.481 e. The van der Waals surface area contributed by atoms with Gasteiger partial charge in [0.05, 0.1) is 6.04 Å². The Morgan fingerprint density at radius 1 is 0.857 bits per heavy atom. The number of Topliss-reactive ketones (excluding diaryl/α,β-unsaturated/α-hetero) is 1. The maximum absolute atomic E-state index is 12.8. The maximum Gasteiger partial charge on any atom is 0.303 e. The second kappa shape index (κ2) is 14.7. The molecule has 0 saturated carbocycles. The molecule has 0 heterocycles. The van der Waals surface area contributed by atoms with Gasteiger partial charge in [0.2, 0.25) is 11.8 Å². The molecular weight excluding hydrogens is 446 g/mol. The van der Waals surface area contributed by atoms with E-state index in [1.165, 1.54) is 0 Å². The van der Waals surface area contributed by atoms with Crippen LogP contribution in [-0.4, -0.2) is 41.3 Å². The van der Waals surface area contributed by atoms with E-state index >= 15 is 0 Å². The van der Waals surface area contributed by atoms with Crippen molar-refractivity contribution in [2.45, 2.75) is 57.4 Å². The third kappa shape index (κ3) is 10.1. The fourth-order valence-electron chi connectivity index (χ4n) is 3.87. The molecule has 0 unspecified atom stereocenters. The van der Waals surface area contributed by atoms with Crippen LogP contribution in [0.1, 0.15) is 50.5 Å². The van der Waals surface area contributed by atoms with Crippen molar-refractivity contribution in [3.8, 4) is 11.1 Å². The van der Waals surface area contributed by atoms with E-state index < -0.39 is 23.8 Å². The summed E-state index contributed by atoms with van der Waals surface area (Å²) in [5, 5.41) is 11.7. The van der Waals surface area contributed by atoms with Crippen LogP contribution >= 0.6 is 0 Å². The van der Waals surface area contributed by atoms with Gasteiger partial charge in [0.15, 0.2) is 5.78 Å². The number of nitrogens with two attached hydrogens (primary N) is 2. The standard InChI is InChI=1S/C27H35N3O5/c28-17-5-4-8-22(27(29)35)18-24(31)23(14-16-26(33)34)30-25(32)15-11-19-9-12-21(13-10-19)20-6-2-1-3-7-20/h1-3,6-7,9-10,12-13,22-23H,4-5,8,11,14-18,28H2,(H2,29,35)(H,30,32)(H,33,34)/t22-,23+/m1/s1.